The zero-order valence-electron chi connectivity index (χ0n) is 20.4. The molecule has 0 spiro atoms. The second kappa shape index (κ2) is 12.3. The Morgan fingerprint density at radius 1 is 0.941 bits per heavy atom. The zero-order valence-corrected chi connectivity index (χ0v) is 20.4. The minimum Gasteiger partial charge on any atom is -0.342 e. The van der Waals surface area contributed by atoms with Crippen LogP contribution >= 0.6 is 0 Å². The predicted octanol–water partition coefficient (Wildman–Crippen LogP) is 4.06. The van der Waals surface area contributed by atoms with Crippen LogP contribution in [0.3, 0.4) is 0 Å². The van der Waals surface area contributed by atoms with Crippen molar-refractivity contribution in [2.45, 2.75) is 46.5 Å². The highest BCUT2D eigenvalue weighted by Crippen LogP contribution is 2.36. The monoisotopic (exact) mass is 465 g/mol. The fraction of sp³-hybridized carbons (Fsp3) is 0.462. The van der Waals surface area contributed by atoms with Crippen molar-refractivity contribution in [3.05, 3.63) is 48.2 Å². The summed E-state index contributed by atoms with van der Waals surface area (Å²) < 4.78 is 0. The Bertz CT molecular complexity index is 1000. The van der Waals surface area contributed by atoms with Crippen LogP contribution in [-0.2, 0) is 9.59 Å². The van der Waals surface area contributed by atoms with E-state index in [1.807, 2.05) is 11.8 Å². The standard InChI is InChI=1S/C26H35N5O3/c1-4-16-29(17-5-2)18-19-30(6-3)23(32)13-14-24(33)31-22-12-8-7-10-20(22)26(34)28-21-11-9-15-27-25(21)31/h7-12,15H,4-6,13-14,16-19H2,1-3H3,(H,28,34). The molecule has 0 atom stereocenters. The number of para-hydroxylation sites is 1. The predicted molar refractivity (Wildman–Crippen MR) is 134 cm³/mol. The van der Waals surface area contributed by atoms with E-state index in [-0.39, 0.29) is 30.6 Å². The Labute approximate surface area is 201 Å². The lowest BCUT2D eigenvalue weighted by atomic mass is 10.1. The van der Waals surface area contributed by atoms with Gasteiger partial charge in [0, 0.05) is 38.7 Å². The van der Waals surface area contributed by atoms with Crippen LogP contribution in [0.25, 0.3) is 0 Å². The Hall–Kier alpha value is -3.26. The number of likely N-dealkylation sites (N-methyl/N-ethyl adjacent to an activating group) is 1. The van der Waals surface area contributed by atoms with Gasteiger partial charge in [0.1, 0.15) is 0 Å². The molecule has 1 N–H and O–H groups in total. The summed E-state index contributed by atoms with van der Waals surface area (Å²) in [6.07, 6.45) is 3.89. The van der Waals surface area contributed by atoms with Crippen LogP contribution < -0.4 is 10.2 Å². The summed E-state index contributed by atoms with van der Waals surface area (Å²) in [5.74, 6) is -0.244. The van der Waals surface area contributed by atoms with Crippen LogP contribution in [0.1, 0.15) is 56.8 Å². The number of aromatic nitrogens is 1. The van der Waals surface area contributed by atoms with Gasteiger partial charge in [-0.2, -0.15) is 0 Å². The van der Waals surface area contributed by atoms with Crippen molar-refractivity contribution in [3.63, 3.8) is 0 Å². The first kappa shape index (κ1) is 25.4. The van der Waals surface area contributed by atoms with Gasteiger partial charge in [0.05, 0.1) is 16.9 Å². The number of benzene rings is 1. The van der Waals surface area contributed by atoms with Crippen molar-refractivity contribution in [2.24, 2.45) is 0 Å². The molecule has 1 aliphatic rings. The lowest BCUT2D eigenvalue weighted by Crippen LogP contribution is -2.39. The Morgan fingerprint density at radius 3 is 2.38 bits per heavy atom. The van der Waals surface area contributed by atoms with Crippen LogP contribution in [0.4, 0.5) is 17.2 Å². The summed E-state index contributed by atoms with van der Waals surface area (Å²) in [7, 11) is 0. The molecule has 0 radical (unpaired) electrons. The number of nitrogens with one attached hydrogen (secondary N) is 1. The Balaban J connectivity index is 1.72. The van der Waals surface area contributed by atoms with E-state index in [9.17, 15) is 14.4 Å². The van der Waals surface area contributed by atoms with Gasteiger partial charge in [-0.15, -0.1) is 0 Å². The molecule has 3 rings (SSSR count). The minimum atomic E-state index is -0.294. The molecule has 8 heteroatoms. The molecule has 0 aliphatic carbocycles. The van der Waals surface area contributed by atoms with Crippen molar-refractivity contribution in [1.82, 2.24) is 14.8 Å². The van der Waals surface area contributed by atoms with E-state index >= 15 is 0 Å². The molecular weight excluding hydrogens is 430 g/mol. The quantitative estimate of drug-likeness (QED) is 0.541. The molecule has 2 aromatic rings. The summed E-state index contributed by atoms with van der Waals surface area (Å²) in [5, 5.41) is 2.83. The molecule has 1 aromatic heterocycles. The molecular formula is C26H35N5O3. The Kier molecular flexibility index (Phi) is 9.16. The van der Waals surface area contributed by atoms with Gasteiger partial charge in [-0.1, -0.05) is 26.0 Å². The number of nitrogens with zero attached hydrogens (tertiary/aromatic N) is 4. The van der Waals surface area contributed by atoms with E-state index in [2.05, 4.69) is 29.0 Å². The van der Waals surface area contributed by atoms with Crippen molar-refractivity contribution in [1.29, 1.82) is 0 Å². The normalized spacial score (nSPS) is 12.6. The molecule has 1 aromatic carbocycles. The van der Waals surface area contributed by atoms with Crippen LogP contribution in [0.15, 0.2) is 42.6 Å². The minimum absolute atomic E-state index is 0.0293. The number of carbonyl (C=O) groups excluding carboxylic acids is 3. The first-order valence-electron chi connectivity index (χ1n) is 12.2. The molecule has 8 nitrogen and oxygen atoms in total. The van der Waals surface area contributed by atoms with Crippen molar-refractivity contribution in [3.8, 4) is 0 Å². The van der Waals surface area contributed by atoms with E-state index in [0.29, 0.717) is 35.8 Å². The number of hydrogen-bond donors (Lipinski definition) is 1. The van der Waals surface area contributed by atoms with Crippen LogP contribution in [0.5, 0.6) is 0 Å². The van der Waals surface area contributed by atoms with Crippen LogP contribution in [0, 0.1) is 0 Å². The summed E-state index contributed by atoms with van der Waals surface area (Å²) in [6, 6.07) is 10.4. The average Bonchev–Trinajstić information content (AvgIpc) is 2.97. The van der Waals surface area contributed by atoms with E-state index in [4.69, 9.17) is 0 Å². The molecule has 0 saturated carbocycles. The Morgan fingerprint density at radius 2 is 1.68 bits per heavy atom. The average molecular weight is 466 g/mol. The topological polar surface area (TPSA) is 85.9 Å². The van der Waals surface area contributed by atoms with Gasteiger partial charge in [0.25, 0.3) is 5.91 Å². The number of anilines is 3. The zero-order chi connectivity index (χ0) is 24.5. The summed E-state index contributed by atoms with van der Waals surface area (Å²) >= 11 is 0. The first-order chi connectivity index (χ1) is 16.5. The summed E-state index contributed by atoms with van der Waals surface area (Å²) in [5.41, 5.74) is 1.32. The van der Waals surface area contributed by atoms with E-state index in [0.717, 1.165) is 32.5 Å². The molecule has 0 unspecified atom stereocenters. The van der Waals surface area contributed by atoms with E-state index < -0.39 is 0 Å². The summed E-state index contributed by atoms with van der Waals surface area (Å²) in [4.78, 5) is 49.1. The number of carbonyl (C=O) groups is 3. The maximum absolute atomic E-state index is 13.4. The number of hydrogen-bond acceptors (Lipinski definition) is 5. The van der Waals surface area contributed by atoms with Gasteiger partial charge in [0.15, 0.2) is 5.82 Å². The highest BCUT2D eigenvalue weighted by atomic mass is 16.2. The van der Waals surface area contributed by atoms with Crippen LogP contribution in [-0.4, -0.2) is 65.2 Å². The van der Waals surface area contributed by atoms with Crippen molar-refractivity contribution >= 4 is 34.9 Å². The van der Waals surface area contributed by atoms with Gasteiger partial charge in [0.2, 0.25) is 11.8 Å². The lowest BCUT2D eigenvalue weighted by molar-refractivity contribution is -0.133. The van der Waals surface area contributed by atoms with Gasteiger partial charge < -0.3 is 15.1 Å². The van der Waals surface area contributed by atoms with Crippen molar-refractivity contribution < 1.29 is 14.4 Å². The fourth-order valence-electron chi connectivity index (χ4n) is 4.26. The lowest BCUT2D eigenvalue weighted by Gasteiger charge is -2.27. The highest BCUT2D eigenvalue weighted by Gasteiger charge is 2.30. The third kappa shape index (κ3) is 5.99. The fourth-order valence-corrected chi connectivity index (χ4v) is 4.26. The van der Waals surface area contributed by atoms with Gasteiger partial charge in [-0.05, 0) is 57.1 Å². The summed E-state index contributed by atoms with van der Waals surface area (Å²) in [6.45, 7) is 10.4. The second-order valence-corrected chi connectivity index (χ2v) is 8.39. The van der Waals surface area contributed by atoms with Crippen LogP contribution in [0.2, 0.25) is 0 Å². The third-order valence-corrected chi connectivity index (χ3v) is 5.94. The maximum Gasteiger partial charge on any atom is 0.257 e. The largest absolute Gasteiger partial charge is 0.342 e. The van der Waals surface area contributed by atoms with Gasteiger partial charge in [-0.25, -0.2) is 4.98 Å². The van der Waals surface area contributed by atoms with Crippen molar-refractivity contribution in [2.75, 3.05) is 42.9 Å². The number of fused-ring (bicyclic) bond motifs is 2. The number of amides is 3. The van der Waals surface area contributed by atoms with Gasteiger partial charge >= 0.3 is 0 Å². The molecule has 0 saturated heterocycles. The molecule has 3 amide bonds. The van der Waals surface area contributed by atoms with E-state index in [1.54, 1.807) is 42.6 Å². The molecule has 0 bridgehead atoms. The smallest absolute Gasteiger partial charge is 0.257 e. The third-order valence-electron chi connectivity index (χ3n) is 5.94. The molecule has 182 valence electrons. The molecule has 0 fully saturated rings. The molecule has 34 heavy (non-hydrogen) atoms. The highest BCUT2D eigenvalue weighted by molar-refractivity contribution is 6.17. The SMILES string of the molecule is CCCN(CCC)CCN(CC)C(=O)CCC(=O)N1c2ccccc2C(=O)Nc2cccnc21. The number of pyridine rings is 1. The van der Waals surface area contributed by atoms with Gasteiger partial charge in [-0.3, -0.25) is 19.3 Å². The first-order valence-corrected chi connectivity index (χ1v) is 12.2. The number of rotatable bonds is 11. The molecule has 2 heterocycles. The molecule has 1 aliphatic heterocycles. The maximum atomic E-state index is 13.4. The second-order valence-electron chi connectivity index (χ2n) is 8.39. The van der Waals surface area contributed by atoms with E-state index in [1.165, 1.54) is 4.90 Å².